The molecule has 3 aromatic rings. The second-order valence-electron chi connectivity index (χ2n) is 6.14. The summed E-state index contributed by atoms with van der Waals surface area (Å²) < 4.78 is 0. The third-order valence-corrected chi connectivity index (χ3v) is 3.93. The molecule has 1 amide bonds. The van der Waals surface area contributed by atoms with E-state index in [-0.39, 0.29) is 11.7 Å². The van der Waals surface area contributed by atoms with E-state index in [9.17, 15) is 9.59 Å². The summed E-state index contributed by atoms with van der Waals surface area (Å²) in [6, 6.07) is 18.3. The monoisotopic (exact) mass is 360 g/mol. The van der Waals surface area contributed by atoms with Crippen LogP contribution in [-0.4, -0.2) is 21.7 Å². The van der Waals surface area contributed by atoms with Gasteiger partial charge in [-0.2, -0.15) is 0 Å². The number of hydrogen-bond donors (Lipinski definition) is 2. The molecular weight excluding hydrogens is 340 g/mol. The van der Waals surface area contributed by atoms with Crippen molar-refractivity contribution in [3.05, 3.63) is 83.2 Å². The maximum Gasteiger partial charge on any atom is 0.270 e. The minimum atomic E-state index is -0.265. The first-order chi connectivity index (χ1) is 13.0. The van der Waals surface area contributed by atoms with Gasteiger partial charge in [-0.3, -0.25) is 9.59 Å². The number of ketones is 1. The van der Waals surface area contributed by atoms with E-state index in [0.717, 1.165) is 11.3 Å². The van der Waals surface area contributed by atoms with Gasteiger partial charge >= 0.3 is 0 Å². The molecule has 0 fully saturated rings. The van der Waals surface area contributed by atoms with Crippen LogP contribution in [0.5, 0.6) is 0 Å². The second kappa shape index (κ2) is 8.23. The normalized spacial score (nSPS) is 10.3. The van der Waals surface area contributed by atoms with Crippen LogP contribution in [0.25, 0.3) is 0 Å². The smallest absolute Gasteiger partial charge is 0.270 e. The van der Waals surface area contributed by atoms with E-state index in [1.807, 2.05) is 30.3 Å². The van der Waals surface area contributed by atoms with Gasteiger partial charge in [-0.25, -0.2) is 9.97 Å². The van der Waals surface area contributed by atoms with Gasteiger partial charge < -0.3 is 10.6 Å². The standard InChI is InChI=1S/C21H20N4O2/c1-14-12-19(20(27)22-13-16-6-4-3-5-7-16)25-21(23-14)24-18-10-8-17(9-11-18)15(2)26/h3-12H,13H2,1-2H3,(H,22,27)(H,23,24,25). The van der Waals surface area contributed by atoms with Crippen LogP contribution >= 0.6 is 0 Å². The molecule has 27 heavy (non-hydrogen) atoms. The zero-order chi connectivity index (χ0) is 19.2. The summed E-state index contributed by atoms with van der Waals surface area (Å²) >= 11 is 0. The fourth-order valence-electron chi connectivity index (χ4n) is 2.53. The Balaban J connectivity index is 1.71. The highest BCUT2D eigenvalue weighted by Crippen LogP contribution is 2.15. The van der Waals surface area contributed by atoms with E-state index >= 15 is 0 Å². The predicted molar refractivity (Wildman–Crippen MR) is 104 cm³/mol. The molecule has 0 aliphatic rings. The van der Waals surface area contributed by atoms with Crippen molar-refractivity contribution in [2.75, 3.05) is 5.32 Å². The van der Waals surface area contributed by atoms with E-state index in [4.69, 9.17) is 0 Å². The third kappa shape index (κ3) is 4.98. The molecule has 0 radical (unpaired) electrons. The summed E-state index contributed by atoms with van der Waals surface area (Å²) in [4.78, 5) is 32.4. The van der Waals surface area contributed by atoms with Crippen molar-refractivity contribution >= 4 is 23.3 Å². The number of benzene rings is 2. The van der Waals surface area contributed by atoms with Crippen molar-refractivity contribution in [1.29, 1.82) is 0 Å². The average Bonchev–Trinajstić information content (AvgIpc) is 2.67. The molecule has 0 aliphatic carbocycles. The van der Waals surface area contributed by atoms with Crippen LogP contribution < -0.4 is 10.6 Å². The van der Waals surface area contributed by atoms with E-state index in [1.54, 1.807) is 37.3 Å². The minimum Gasteiger partial charge on any atom is -0.347 e. The number of hydrogen-bond acceptors (Lipinski definition) is 5. The summed E-state index contributed by atoms with van der Waals surface area (Å²) in [7, 11) is 0. The molecule has 1 heterocycles. The van der Waals surface area contributed by atoms with Crippen molar-refractivity contribution in [2.24, 2.45) is 0 Å². The number of aromatic nitrogens is 2. The summed E-state index contributed by atoms with van der Waals surface area (Å²) in [6.45, 7) is 3.75. The number of nitrogens with zero attached hydrogens (tertiary/aromatic N) is 2. The van der Waals surface area contributed by atoms with Crippen LogP contribution in [0.2, 0.25) is 0 Å². The summed E-state index contributed by atoms with van der Waals surface area (Å²) in [6.07, 6.45) is 0. The van der Waals surface area contributed by atoms with Crippen molar-refractivity contribution in [3.8, 4) is 0 Å². The molecule has 2 N–H and O–H groups in total. The van der Waals surface area contributed by atoms with Crippen molar-refractivity contribution < 1.29 is 9.59 Å². The van der Waals surface area contributed by atoms with E-state index < -0.39 is 0 Å². The van der Waals surface area contributed by atoms with Gasteiger partial charge in [-0.1, -0.05) is 30.3 Å². The molecule has 0 saturated heterocycles. The number of rotatable bonds is 6. The maximum absolute atomic E-state index is 12.4. The van der Waals surface area contributed by atoms with Crippen LogP contribution in [-0.2, 0) is 6.54 Å². The molecule has 0 aliphatic heterocycles. The Kier molecular flexibility index (Phi) is 5.56. The fraction of sp³-hybridized carbons (Fsp3) is 0.143. The Morgan fingerprint density at radius 1 is 0.963 bits per heavy atom. The molecule has 6 nitrogen and oxygen atoms in total. The van der Waals surface area contributed by atoms with E-state index in [2.05, 4.69) is 20.6 Å². The van der Waals surface area contributed by atoms with Gasteiger partial charge in [0, 0.05) is 23.5 Å². The molecule has 0 spiro atoms. The quantitative estimate of drug-likeness (QED) is 0.656. The van der Waals surface area contributed by atoms with Gasteiger partial charge in [0.25, 0.3) is 5.91 Å². The Morgan fingerprint density at radius 2 is 1.67 bits per heavy atom. The van der Waals surface area contributed by atoms with Crippen molar-refractivity contribution in [2.45, 2.75) is 20.4 Å². The molecule has 6 heteroatoms. The lowest BCUT2D eigenvalue weighted by atomic mass is 10.1. The third-order valence-electron chi connectivity index (χ3n) is 3.93. The Morgan fingerprint density at radius 3 is 2.33 bits per heavy atom. The van der Waals surface area contributed by atoms with Gasteiger partial charge in [-0.15, -0.1) is 0 Å². The summed E-state index contributed by atoms with van der Waals surface area (Å²) in [5.41, 5.74) is 3.35. The van der Waals surface area contributed by atoms with Crippen LogP contribution in [0.15, 0.2) is 60.7 Å². The SMILES string of the molecule is CC(=O)c1ccc(Nc2nc(C)cc(C(=O)NCc3ccccc3)n2)cc1. The van der Waals surface area contributed by atoms with Crippen molar-refractivity contribution in [3.63, 3.8) is 0 Å². The fourth-order valence-corrected chi connectivity index (χ4v) is 2.53. The van der Waals surface area contributed by atoms with Crippen LogP contribution in [0.3, 0.4) is 0 Å². The zero-order valence-corrected chi connectivity index (χ0v) is 15.2. The first-order valence-corrected chi connectivity index (χ1v) is 8.57. The molecule has 136 valence electrons. The lowest BCUT2D eigenvalue weighted by Gasteiger charge is -2.09. The number of nitrogens with one attached hydrogen (secondary N) is 2. The highest BCUT2D eigenvalue weighted by Gasteiger charge is 2.11. The predicted octanol–water partition coefficient (Wildman–Crippen LogP) is 3.66. The number of anilines is 2. The largest absolute Gasteiger partial charge is 0.347 e. The highest BCUT2D eigenvalue weighted by molar-refractivity contribution is 5.94. The number of aryl methyl sites for hydroxylation is 1. The molecule has 2 aromatic carbocycles. The minimum absolute atomic E-state index is 0.00530. The molecule has 0 bridgehead atoms. The van der Waals surface area contributed by atoms with Gasteiger partial charge in [-0.05, 0) is 49.7 Å². The number of amides is 1. The molecule has 0 saturated carbocycles. The Hall–Kier alpha value is -3.54. The number of Topliss-reactive ketones (excluding diaryl/α,β-unsaturated/α-hetero) is 1. The van der Waals surface area contributed by atoms with Crippen LogP contribution in [0, 0.1) is 6.92 Å². The molecule has 3 rings (SSSR count). The van der Waals surface area contributed by atoms with Crippen LogP contribution in [0.1, 0.15) is 39.0 Å². The molecule has 0 unspecified atom stereocenters. The van der Waals surface area contributed by atoms with Crippen LogP contribution in [0.4, 0.5) is 11.6 Å². The number of carbonyl (C=O) groups excluding carboxylic acids is 2. The highest BCUT2D eigenvalue weighted by atomic mass is 16.1. The molecule has 1 aromatic heterocycles. The van der Waals surface area contributed by atoms with Gasteiger partial charge in [0.05, 0.1) is 0 Å². The number of carbonyl (C=O) groups is 2. The van der Waals surface area contributed by atoms with Gasteiger partial charge in [0.2, 0.25) is 5.95 Å². The van der Waals surface area contributed by atoms with E-state index in [0.29, 0.717) is 29.4 Å². The lowest BCUT2D eigenvalue weighted by Crippen LogP contribution is -2.24. The first-order valence-electron chi connectivity index (χ1n) is 8.57. The first kappa shape index (κ1) is 18.3. The summed E-state index contributed by atoms with van der Waals surface area (Å²) in [5.74, 6) is 0.0699. The molecular formula is C21H20N4O2. The molecule has 0 atom stereocenters. The lowest BCUT2D eigenvalue weighted by molar-refractivity contribution is 0.0945. The maximum atomic E-state index is 12.4. The van der Waals surface area contributed by atoms with Gasteiger partial charge in [0.1, 0.15) is 5.69 Å². The summed E-state index contributed by atoms with van der Waals surface area (Å²) in [5, 5.41) is 5.93. The van der Waals surface area contributed by atoms with E-state index in [1.165, 1.54) is 6.92 Å². The van der Waals surface area contributed by atoms with Gasteiger partial charge in [0.15, 0.2) is 5.78 Å². The Labute approximate surface area is 157 Å². The van der Waals surface area contributed by atoms with Crippen molar-refractivity contribution in [1.82, 2.24) is 15.3 Å². The Bertz CT molecular complexity index is 954. The second-order valence-corrected chi connectivity index (χ2v) is 6.14. The average molecular weight is 360 g/mol. The topological polar surface area (TPSA) is 84.0 Å². The zero-order valence-electron chi connectivity index (χ0n) is 15.2.